The van der Waals surface area contributed by atoms with Gasteiger partial charge in [-0.25, -0.2) is 9.37 Å². The molecule has 5 rings (SSSR count). The first-order chi connectivity index (χ1) is 21.5. The number of benzene rings is 2. The van der Waals surface area contributed by atoms with Crippen LogP contribution in [0.4, 0.5) is 10.1 Å². The van der Waals surface area contributed by atoms with Gasteiger partial charge in [-0.05, 0) is 59.2 Å². The van der Waals surface area contributed by atoms with E-state index >= 15 is 4.39 Å². The summed E-state index contributed by atoms with van der Waals surface area (Å²) in [6.45, 7) is 4.37. The molecule has 10 nitrogen and oxygen atoms in total. The number of carboxylic acids is 1. The van der Waals surface area contributed by atoms with Gasteiger partial charge in [-0.3, -0.25) is 14.4 Å². The van der Waals surface area contributed by atoms with Crippen molar-refractivity contribution in [3.63, 3.8) is 0 Å². The normalized spacial score (nSPS) is 16.4. The number of carboxylic acid groups (broad SMARTS) is 1. The fraction of sp³-hybridized carbons (Fsp3) is 0.312. The Balaban J connectivity index is 1.39. The van der Waals surface area contributed by atoms with E-state index in [0.29, 0.717) is 39.1 Å². The summed E-state index contributed by atoms with van der Waals surface area (Å²) in [6.07, 6.45) is 4.08. The van der Waals surface area contributed by atoms with Gasteiger partial charge in [-0.1, -0.05) is 24.8 Å². The van der Waals surface area contributed by atoms with Gasteiger partial charge in [0, 0.05) is 58.0 Å². The number of thiazole rings is 1. The molecule has 0 bridgehead atoms. The molecule has 2 aromatic heterocycles. The molecule has 13 heteroatoms. The first kappa shape index (κ1) is 32.7. The lowest BCUT2D eigenvalue weighted by atomic mass is 10.0. The number of carbonyl (C=O) groups is 3. The first-order valence-electron chi connectivity index (χ1n) is 14.2. The highest BCUT2D eigenvalue weighted by Crippen LogP contribution is 2.38. The number of aryl methyl sites for hydroxylation is 2. The van der Waals surface area contributed by atoms with E-state index in [4.69, 9.17) is 9.94 Å². The number of halogens is 2. The van der Waals surface area contributed by atoms with E-state index in [1.807, 2.05) is 58.5 Å². The summed E-state index contributed by atoms with van der Waals surface area (Å²) in [5.41, 5.74) is 2.32. The van der Waals surface area contributed by atoms with Crippen molar-refractivity contribution in [2.45, 2.75) is 37.8 Å². The second kappa shape index (κ2) is 13.8. The number of hydrogen-bond donors (Lipinski definition) is 2. The van der Waals surface area contributed by atoms with E-state index in [9.17, 15) is 14.4 Å². The van der Waals surface area contributed by atoms with Gasteiger partial charge in [0.2, 0.25) is 5.91 Å². The van der Waals surface area contributed by atoms with E-state index in [1.165, 1.54) is 17.4 Å². The number of fused-ring (bicyclic) bond motifs is 1. The number of likely N-dealkylation sites (tertiary alicyclic amines) is 1. The average Bonchev–Trinajstić information content (AvgIpc) is 3.74. The molecule has 0 unspecified atom stereocenters. The summed E-state index contributed by atoms with van der Waals surface area (Å²) in [5.74, 6) is -2.18. The van der Waals surface area contributed by atoms with Crippen molar-refractivity contribution >= 4 is 71.9 Å². The topological polar surface area (TPSA) is 117 Å². The van der Waals surface area contributed by atoms with Gasteiger partial charge in [0.05, 0.1) is 43.3 Å². The van der Waals surface area contributed by atoms with Gasteiger partial charge in [0.25, 0.3) is 5.91 Å². The van der Waals surface area contributed by atoms with Crippen LogP contribution in [0.2, 0.25) is 0 Å². The zero-order chi connectivity index (χ0) is 32.4. The van der Waals surface area contributed by atoms with Crippen LogP contribution in [0.15, 0.2) is 55.4 Å². The van der Waals surface area contributed by atoms with E-state index in [-0.39, 0.29) is 48.0 Å². The van der Waals surface area contributed by atoms with Gasteiger partial charge in [-0.15, -0.1) is 11.3 Å². The standard InChI is InChI=1S/C32H33FIN5O5S/c1-18(34)23-11-19(25(33)14-26(23)36-31(43)24-17-37(2)27-8-6-5-7-22(24)27)12-29(40)39-16-20(38(3)44-4)13-28(39)32-35-15-21(45-32)9-10-30(41)42/h5-8,11,14-15,17,20,28H,1,9-10,12-13,16H2,2-4H3,(H,36,43)(H,41,42)/t20-,28-/m0/s1. The zero-order valence-electron chi connectivity index (χ0n) is 25.0. The van der Waals surface area contributed by atoms with Crippen molar-refractivity contribution in [1.82, 2.24) is 19.5 Å². The van der Waals surface area contributed by atoms with E-state index in [0.717, 1.165) is 15.8 Å². The Morgan fingerprint density at radius 2 is 2.02 bits per heavy atom. The Labute approximate surface area is 277 Å². The number of nitrogens with zero attached hydrogens (tertiary/aromatic N) is 4. The summed E-state index contributed by atoms with van der Waals surface area (Å²) in [7, 11) is 5.20. The number of amides is 2. The van der Waals surface area contributed by atoms with Crippen molar-refractivity contribution in [3.05, 3.63) is 87.8 Å². The summed E-state index contributed by atoms with van der Waals surface area (Å²) in [4.78, 5) is 50.6. The van der Waals surface area contributed by atoms with E-state index < -0.39 is 11.8 Å². The number of aromatic nitrogens is 2. The quantitative estimate of drug-likeness (QED) is 0.147. The number of rotatable bonds is 11. The Morgan fingerprint density at radius 1 is 1.27 bits per heavy atom. The minimum atomic E-state index is -0.890. The second-order valence-corrected chi connectivity index (χ2v) is 13.4. The minimum absolute atomic E-state index is 0.00785. The molecule has 1 saturated heterocycles. The maximum absolute atomic E-state index is 15.6. The van der Waals surface area contributed by atoms with Crippen LogP contribution < -0.4 is 5.32 Å². The number of anilines is 1. The predicted molar refractivity (Wildman–Crippen MR) is 180 cm³/mol. The van der Waals surface area contributed by atoms with Gasteiger partial charge >= 0.3 is 5.97 Å². The summed E-state index contributed by atoms with van der Waals surface area (Å²) >= 11 is 3.40. The number of carbonyl (C=O) groups excluding carboxylic acids is 2. The SMILES string of the molecule is C=C(I)c1cc(CC(=O)N2C[C@@H](N(C)OC)C[C@H]2c2ncc(CCC(=O)O)s2)c(F)cc1NC(=O)c1cn(C)c2ccccc12. The molecule has 2 amide bonds. The van der Waals surface area contributed by atoms with Gasteiger partial charge in [0.1, 0.15) is 10.8 Å². The fourth-order valence-electron chi connectivity index (χ4n) is 5.62. The monoisotopic (exact) mass is 745 g/mol. The van der Waals surface area contributed by atoms with Crippen LogP contribution in [-0.2, 0) is 34.3 Å². The Morgan fingerprint density at radius 3 is 2.73 bits per heavy atom. The maximum Gasteiger partial charge on any atom is 0.303 e. The van der Waals surface area contributed by atoms with Crippen LogP contribution in [0.3, 0.4) is 0 Å². The Hall–Kier alpha value is -3.66. The summed E-state index contributed by atoms with van der Waals surface area (Å²) in [5, 5.41) is 15.1. The second-order valence-electron chi connectivity index (χ2n) is 10.9. The van der Waals surface area contributed by atoms with Crippen molar-refractivity contribution in [3.8, 4) is 0 Å². The smallest absolute Gasteiger partial charge is 0.303 e. The van der Waals surface area contributed by atoms with Crippen LogP contribution in [0.25, 0.3) is 14.5 Å². The van der Waals surface area contributed by atoms with Crippen LogP contribution in [0.5, 0.6) is 0 Å². The van der Waals surface area contributed by atoms with Crippen LogP contribution in [0.1, 0.15) is 50.3 Å². The summed E-state index contributed by atoms with van der Waals surface area (Å²) < 4.78 is 18.1. The molecule has 1 aliphatic heterocycles. The highest BCUT2D eigenvalue weighted by molar-refractivity contribution is 14.1. The number of nitrogens with one attached hydrogen (secondary N) is 1. The van der Waals surface area contributed by atoms with Crippen molar-refractivity contribution < 1.29 is 28.7 Å². The molecule has 2 aromatic carbocycles. The number of aliphatic carboxylic acids is 1. The molecule has 45 heavy (non-hydrogen) atoms. The third kappa shape index (κ3) is 7.11. The molecule has 236 valence electrons. The molecule has 0 radical (unpaired) electrons. The predicted octanol–water partition coefficient (Wildman–Crippen LogP) is 5.83. The van der Waals surface area contributed by atoms with Crippen molar-refractivity contribution in [1.29, 1.82) is 0 Å². The molecule has 1 aliphatic rings. The molecular formula is C32H33FIN5O5S. The first-order valence-corrected chi connectivity index (χ1v) is 16.1. The van der Waals surface area contributed by atoms with Crippen LogP contribution in [0, 0.1) is 5.82 Å². The van der Waals surface area contributed by atoms with Crippen molar-refractivity contribution in [2.24, 2.45) is 7.05 Å². The highest BCUT2D eigenvalue weighted by atomic mass is 127. The molecule has 0 aliphatic carbocycles. The molecule has 0 spiro atoms. The number of hydrogen-bond acceptors (Lipinski definition) is 7. The number of para-hydroxylation sites is 1. The largest absolute Gasteiger partial charge is 0.481 e. The lowest BCUT2D eigenvalue weighted by Gasteiger charge is -2.24. The Kier molecular flexibility index (Phi) is 10.0. The molecule has 2 N–H and O–H groups in total. The third-order valence-corrected chi connectivity index (χ3v) is 9.79. The molecule has 2 atom stereocenters. The minimum Gasteiger partial charge on any atom is -0.481 e. The Bertz CT molecular complexity index is 1790. The number of hydroxylamine groups is 2. The lowest BCUT2D eigenvalue weighted by Crippen LogP contribution is -2.37. The van der Waals surface area contributed by atoms with Crippen LogP contribution in [-0.4, -0.2) is 69.1 Å². The highest BCUT2D eigenvalue weighted by Gasteiger charge is 2.40. The van der Waals surface area contributed by atoms with Crippen molar-refractivity contribution in [2.75, 3.05) is 26.0 Å². The number of likely N-dealkylation sites (N-methyl/N-ethyl adjacent to an activating group) is 1. The zero-order valence-corrected chi connectivity index (χ0v) is 28.0. The lowest BCUT2D eigenvalue weighted by molar-refractivity contribution is -0.141. The molecule has 4 aromatic rings. The van der Waals surface area contributed by atoms with Gasteiger partial charge in [-0.2, -0.15) is 5.06 Å². The van der Waals surface area contributed by atoms with E-state index in [2.05, 4.69) is 16.9 Å². The van der Waals surface area contributed by atoms with Gasteiger partial charge < -0.3 is 24.7 Å². The van der Waals surface area contributed by atoms with Crippen LogP contribution >= 0.6 is 33.9 Å². The van der Waals surface area contributed by atoms with Gasteiger partial charge in [0.15, 0.2) is 0 Å². The molecule has 3 heterocycles. The average molecular weight is 746 g/mol. The summed E-state index contributed by atoms with van der Waals surface area (Å²) in [6, 6.07) is 9.86. The molecule has 1 fully saturated rings. The molecular weight excluding hydrogens is 712 g/mol. The molecule has 0 saturated carbocycles. The fourth-order valence-corrected chi connectivity index (χ4v) is 7.11. The maximum atomic E-state index is 15.6. The third-order valence-electron chi connectivity index (χ3n) is 8.05. The van der Waals surface area contributed by atoms with E-state index in [1.54, 1.807) is 42.6 Å².